The fourth-order valence-corrected chi connectivity index (χ4v) is 5.79. The van der Waals surface area contributed by atoms with Gasteiger partial charge in [-0.15, -0.1) is 0 Å². The minimum absolute atomic E-state index is 0.138. The molecule has 0 aliphatic heterocycles. The number of rotatable bonds is 4. The number of hydrogen-bond acceptors (Lipinski definition) is 3. The van der Waals surface area contributed by atoms with E-state index in [9.17, 15) is 8.42 Å². The van der Waals surface area contributed by atoms with Gasteiger partial charge in [-0.2, -0.15) is 0 Å². The number of anilines is 1. The fraction of sp³-hybridized carbons (Fsp3) is 0.143. The van der Waals surface area contributed by atoms with Crippen LogP contribution in [0.3, 0.4) is 0 Å². The summed E-state index contributed by atoms with van der Waals surface area (Å²) in [6.45, 7) is 1.80. The molecule has 0 unspecified atom stereocenters. The molecule has 4 nitrogen and oxygen atoms in total. The van der Waals surface area contributed by atoms with E-state index in [-0.39, 0.29) is 10.9 Å². The molecular weight excluding hydrogens is 420 g/mol. The molecule has 1 atom stereocenters. The molecule has 2 rings (SSSR count). The van der Waals surface area contributed by atoms with Crippen LogP contribution in [0.4, 0.5) is 5.69 Å². The molecule has 0 saturated carbocycles. The van der Waals surface area contributed by atoms with E-state index in [1.54, 1.807) is 19.1 Å². The molecule has 0 aliphatic rings. The Morgan fingerprint density at radius 3 is 2.14 bits per heavy atom. The van der Waals surface area contributed by atoms with Crippen LogP contribution in [0.1, 0.15) is 18.5 Å². The zero-order valence-corrected chi connectivity index (χ0v) is 15.2. The maximum absolute atomic E-state index is 12.6. The maximum atomic E-state index is 12.6. The highest BCUT2D eigenvalue weighted by Gasteiger charge is 2.24. The Bertz CT molecular complexity index is 726. The lowest BCUT2D eigenvalue weighted by molar-refractivity contribution is 0.566. The minimum atomic E-state index is -3.69. The second-order valence-corrected chi connectivity index (χ2v) is 7.93. The van der Waals surface area contributed by atoms with E-state index >= 15 is 0 Å². The lowest BCUT2D eigenvalue weighted by Crippen LogP contribution is -2.27. The third kappa shape index (κ3) is 3.85. The van der Waals surface area contributed by atoms with Gasteiger partial charge < -0.3 is 5.73 Å². The first-order valence-electron chi connectivity index (χ1n) is 6.13. The van der Waals surface area contributed by atoms with Crippen molar-refractivity contribution in [2.45, 2.75) is 17.9 Å². The average Bonchev–Trinajstić information content (AvgIpc) is 2.37. The van der Waals surface area contributed by atoms with E-state index in [0.29, 0.717) is 14.6 Å². The zero-order valence-electron chi connectivity index (χ0n) is 11.2. The van der Waals surface area contributed by atoms with E-state index in [1.165, 1.54) is 0 Å². The Morgan fingerprint density at radius 1 is 1.10 bits per heavy atom. The van der Waals surface area contributed by atoms with Crippen LogP contribution >= 0.6 is 31.9 Å². The Hall–Kier alpha value is -0.890. The highest BCUT2D eigenvalue weighted by molar-refractivity contribution is 9.11. The zero-order chi connectivity index (χ0) is 15.6. The van der Waals surface area contributed by atoms with Gasteiger partial charge >= 0.3 is 0 Å². The number of benzene rings is 2. The second-order valence-electron chi connectivity index (χ2n) is 4.57. The Kier molecular flexibility index (Phi) is 5.08. The number of halogens is 2. The summed E-state index contributed by atoms with van der Waals surface area (Å²) in [5.74, 6) is 0. The van der Waals surface area contributed by atoms with Gasteiger partial charge in [0.25, 0.3) is 0 Å². The molecule has 2 aromatic rings. The summed E-state index contributed by atoms with van der Waals surface area (Å²) in [5, 5.41) is 0. The Labute approximate surface area is 141 Å². The predicted molar refractivity (Wildman–Crippen MR) is 91.4 cm³/mol. The molecule has 0 fully saturated rings. The van der Waals surface area contributed by atoms with Crippen molar-refractivity contribution in [2.75, 3.05) is 5.73 Å². The van der Waals surface area contributed by atoms with Crippen LogP contribution < -0.4 is 10.5 Å². The summed E-state index contributed by atoms with van der Waals surface area (Å²) >= 11 is 6.50. The first-order chi connectivity index (χ1) is 9.81. The van der Waals surface area contributed by atoms with Crippen molar-refractivity contribution in [3.05, 3.63) is 57.0 Å². The first-order valence-corrected chi connectivity index (χ1v) is 9.20. The lowest BCUT2D eigenvalue weighted by Gasteiger charge is -2.16. The molecule has 0 bridgehead atoms. The predicted octanol–water partition coefficient (Wildman–Crippen LogP) is 3.83. The monoisotopic (exact) mass is 432 g/mol. The quantitative estimate of drug-likeness (QED) is 0.719. The molecule has 21 heavy (non-hydrogen) atoms. The molecule has 7 heteroatoms. The summed E-state index contributed by atoms with van der Waals surface area (Å²) in [5.41, 5.74) is 7.06. The van der Waals surface area contributed by atoms with Gasteiger partial charge in [0, 0.05) is 20.7 Å². The van der Waals surface area contributed by atoms with Crippen LogP contribution in [-0.4, -0.2) is 8.42 Å². The molecule has 0 saturated heterocycles. The normalized spacial score (nSPS) is 13.1. The maximum Gasteiger partial charge on any atom is 0.243 e. The second kappa shape index (κ2) is 6.48. The standard InChI is InChI=1S/C14H14Br2N2O2S/c1-9(10-5-3-2-4-6-10)18-21(19,20)14-12(15)7-11(17)8-13(14)16/h2-9,18H,17H2,1H3/t9-/m1/s1. The number of nitrogen functional groups attached to an aromatic ring is 1. The number of nitrogens with one attached hydrogen (secondary N) is 1. The molecule has 0 radical (unpaired) electrons. The largest absolute Gasteiger partial charge is 0.399 e. The summed E-state index contributed by atoms with van der Waals surface area (Å²) in [7, 11) is -3.69. The number of nitrogens with two attached hydrogens (primary N) is 1. The third-order valence-corrected chi connectivity index (χ3v) is 6.34. The highest BCUT2D eigenvalue weighted by Crippen LogP contribution is 2.33. The van der Waals surface area contributed by atoms with Gasteiger partial charge in [-0.05, 0) is 56.5 Å². The fourth-order valence-electron chi connectivity index (χ4n) is 1.94. The molecule has 3 N–H and O–H groups in total. The number of hydrogen-bond donors (Lipinski definition) is 2. The Morgan fingerprint density at radius 2 is 1.62 bits per heavy atom. The van der Waals surface area contributed by atoms with Crippen molar-refractivity contribution in [1.29, 1.82) is 0 Å². The van der Waals surface area contributed by atoms with Crippen LogP contribution in [0.25, 0.3) is 0 Å². The smallest absolute Gasteiger partial charge is 0.243 e. The van der Waals surface area contributed by atoms with Crippen LogP contribution in [0.15, 0.2) is 56.3 Å². The van der Waals surface area contributed by atoms with Crippen molar-refractivity contribution in [2.24, 2.45) is 0 Å². The third-order valence-electron chi connectivity index (χ3n) is 2.92. The molecule has 0 amide bonds. The van der Waals surface area contributed by atoms with Crippen LogP contribution in [0.5, 0.6) is 0 Å². The summed E-state index contributed by atoms with van der Waals surface area (Å²) in [6.07, 6.45) is 0. The molecule has 0 aliphatic carbocycles. The van der Waals surface area contributed by atoms with Gasteiger partial charge in [-0.25, -0.2) is 13.1 Å². The van der Waals surface area contributed by atoms with Crippen molar-refractivity contribution in [3.8, 4) is 0 Å². The van der Waals surface area contributed by atoms with E-state index in [1.807, 2.05) is 30.3 Å². The highest BCUT2D eigenvalue weighted by atomic mass is 79.9. The molecular formula is C14H14Br2N2O2S. The minimum Gasteiger partial charge on any atom is -0.399 e. The van der Waals surface area contributed by atoms with Crippen molar-refractivity contribution >= 4 is 47.6 Å². The summed E-state index contributed by atoms with van der Waals surface area (Å²) < 4.78 is 28.6. The van der Waals surface area contributed by atoms with E-state index < -0.39 is 10.0 Å². The van der Waals surface area contributed by atoms with E-state index in [2.05, 4.69) is 36.6 Å². The SMILES string of the molecule is C[C@@H](NS(=O)(=O)c1c(Br)cc(N)cc1Br)c1ccccc1. The van der Waals surface area contributed by atoms with Gasteiger partial charge in [-0.3, -0.25) is 0 Å². The summed E-state index contributed by atoms with van der Waals surface area (Å²) in [6, 6.07) is 12.2. The van der Waals surface area contributed by atoms with Crippen LogP contribution in [-0.2, 0) is 10.0 Å². The molecule has 0 aromatic heterocycles. The number of sulfonamides is 1. The van der Waals surface area contributed by atoms with Crippen molar-refractivity contribution < 1.29 is 8.42 Å². The van der Waals surface area contributed by atoms with Crippen LogP contribution in [0, 0.1) is 0 Å². The molecule has 2 aromatic carbocycles. The topological polar surface area (TPSA) is 72.2 Å². The lowest BCUT2D eigenvalue weighted by atomic mass is 10.1. The molecule has 112 valence electrons. The average molecular weight is 434 g/mol. The van der Waals surface area contributed by atoms with E-state index in [0.717, 1.165) is 5.56 Å². The van der Waals surface area contributed by atoms with Gasteiger partial charge in [-0.1, -0.05) is 30.3 Å². The van der Waals surface area contributed by atoms with Crippen molar-refractivity contribution in [1.82, 2.24) is 4.72 Å². The van der Waals surface area contributed by atoms with Crippen LogP contribution in [0.2, 0.25) is 0 Å². The van der Waals surface area contributed by atoms with Gasteiger partial charge in [0.05, 0.1) is 0 Å². The van der Waals surface area contributed by atoms with Gasteiger partial charge in [0.1, 0.15) is 4.90 Å². The van der Waals surface area contributed by atoms with Gasteiger partial charge in [0.2, 0.25) is 10.0 Å². The Balaban J connectivity index is 2.36. The molecule has 0 heterocycles. The van der Waals surface area contributed by atoms with E-state index in [4.69, 9.17) is 5.73 Å². The van der Waals surface area contributed by atoms with Crippen molar-refractivity contribution in [3.63, 3.8) is 0 Å². The summed E-state index contributed by atoms with van der Waals surface area (Å²) in [4.78, 5) is 0.138. The first kappa shape index (κ1) is 16.5. The molecule has 0 spiro atoms. The van der Waals surface area contributed by atoms with Gasteiger partial charge in [0.15, 0.2) is 0 Å².